The van der Waals surface area contributed by atoms with Gasteiger partial charge in [0.25, 0.3) is 0 Å². The van der Waals surface area contributed by atoms with E-state index in [1.165, 1.54) is 5.56 Å². The molecule has 4 rings (SSSR count). The maximum absolute atomic E-state index is 13.2. The van der Waals surface area contributed by atoms with E-state index in [2.05, 4.69) is 12.1 Å². The molecule has 0 saturated heterocycles. The number of amides is 1. The van der Waals surface area contributed by atoms with Crippen molar-refractivity contribution in [1.29, 1.82) is 0 Å². The Bertz CT molecular complexity index is 877. The number of carbonyl (C=O) groups is 1. The number of carbonyl (C=O) groups excluding carboxylic acids is 1. The molecule has 1 heterocycles. The zero-order valence-electron chi connectivity index (χ0n) is 14.5. The summed E-state index contributed by atoms with van der Waals surface area (Å²) in [6.07, 6.45) is 0. The molecule has 1 atom stereocenters. The van der Waals surface area contributed by atoms with Crippen molar-refractivity contribution in [3.63, 3.8) is 0 Å². The van der Waals surface area contributed by atoms with Gasteiger partial charge in [0.2, 0.25) is 5.91 Å². The SMILES string of the molecule is O=C1C(c2ccccc2)c2ccccc2CN1CCOc1ccccc1. The predicted molar refractivity (Wildman–Crippen MR) is 102 cm³/mol. The standard InChI is InChI=1S/C23H21NO2/c25-23-22(18-9-3-1-4-10-18)21-14-8-7-11-19(21)17-24(23)15-16-26-20-12-5-2-6-13-20/h1-14,22H,15-17H2. The third-order valence-electron chi connectivity index (χ3n) is 4.79. The summed E-state index contributed by atoms with van der Waals surface area (Å²) in [7, 11) is 0. The molecule has 0 spiro atoms. The van der Waals surface area contributed by atoms with Crippen LogP contribution in [0.1, 0.15) is 22.6 Å². The number of nitrogens with zero attached hydrogens (tertiary/aromatic N) is 1. The van der Waals surface area contributed by atoms with Gasteiger partial charge in [0.05, 0.1) is 12.5 Å². The van der Waals surface area contributed by atoms with Crippen molar-refractivity contribution in [1.82, 2.24) is 4.90 Å². The van der Waals surface area contributed by atoms with Crippen molar-refractivity contribution in [2.24, 2.45) is 0 Å². The second kappa shape index (κ2) is 7.44. The fourth-order valence-corrected chi connectivity index (χ4v) is 3.51. The van der Waals surface area contributed by atoms with E-state index in [0.29, 0.717) is 19.7 Å². The summed E-state index contributed by atoms with van der Waals surface area (Å²) in [6, 6.07) is 28.0. The molecule has 1 amide bonds. The van der Waals surface area contributed by atoms with E-state index in [1.807, 2.05) is 77.7 Å². The van der Waals surface area contributed by atoms with Gasteiger partial charge in [-0.2, -0.15) is 0 Å². The normalized spacial score (nSPS) is 16.2. The highest BCUT2D eigenvalue weighted by Gasteiger charge is 2.33. The van der Waals surface area contributed by atoms with Gasteiger partial charge in [-0.05, 0) is 28.8 Å². The van der Waals surface area contributed by atoms with Crippen LogP contribution >= 0.6 is 0 Å². The Morgan fingerprint density at radius 2 is 1.50 bits per heavy atom. The van der Waals surface area contributed by atoms with Crippen LogP contribution in [0.4, 0.5) is 0 Å². The van der Waals surface area contributed by atoms with E-state index in [0.717, 1.165) is 16.9 Å². The molecule has 26 heavy (non-hydrogen) atoms. The molecule has 3 heteroatoms. The molecule has 0 aliphatic carbocycles. The van der Waals surface area contributed by atoms with Crippen molar-refractivity contribution in [2.75, 3.05) is 13.2 Å². The van der Waals surface area contributed by atoms with Crippen LogP contribution in [-0.2, 0) is 11.3 Å². The average Bonchev–Trinajstić information content (AvgIpc) is 2.70. The van der Waals surface area contributed by atoms with Crippen molar-refractivity contribution >= 4 is 5.91 Å². The Morgan fingerprint density at radius 3 is 2.27 bits per heavy atom. The number of fused-ring (bicyclic) bond motifs is 1. The largest absolute Gasteiger partial charge is 0.492 e. The number of benzene rings is 3. The van der Waals surface area contributed by atoms with Crippen LogP contribution in [0, 0.1) is 0 Å². The van der Waals surface area contributed by atoms with Gasteiger partial charge in [0, 0.05) is 6.54 Å². The van der Waals surface area contributed by atoms with E-state index in [-0.39, 0.29) is 11.8 Å². The highest BCUT2D eigenvalue weighted by molar-refractivity contribution is 5.89. The van der Waals surface area contributed by atoms with E-state index >= 15 is 0 Å². The van der Waals surface area contributed by atoms with Crippen LogP contribution in [0.5, 0.6) is 5.75 Å². The van der Waals surface area contributed by atoms with Crippen LogP contribution in [-0.4, -0.2) is 24.0 Å². The van der Waals surface area contributed by atoms with Crippen LogP contribution < -0.4 is 4.74 Å². The van der Waals surface area contributed by atoms with Gasteiger partial charge in [-0.15, -0.1) is 0 Å². The molecule has 0 fully saturated rings. The number of para-hydroxylation sites is 1. The van der Waals surface area contributed by atoms with Crippen molar-refractivity contribution < 1.29 is 9.53 Å². The Morgan fingerprint density at radius 1 is 0.846 bits per heavy atom. The lowest BCUT2D eigenvalue weighted by molar-refractivity contribution is -0.133. The molecular formula is C23H21NO2. The summed E-state index contributed by atoms with van der Waals surface area (Å²) in [5.74, 6) is 0.737. The molecule has 130 valence electrons. The smallest absolute Gasteiger partial charge is 0.235 e. The first-order valence-electron chi connectivity index (χ1n) is 8.92. The predicted octanol–water partition coefficient (Wildman–Crippen LogP) is 4.24. The minimum Gasteiger partial charge on any atom is -0.492 e. The molecule has 1 unspecified atom stereocenters. The Balaban J connectivity index is 1.55. The molecule has 1 aliphatic heterocycles. The zero-order valence-corrected chi connectivity index (χ0v) is 14.5. The first-order chi connectivity index (χ1) is 12.8. The van der Waals surface area contributed by atoms with Gasteiger partial charge >= 0.3 is 0 Å². The topological polar surface area (TPSA) is 29.5 Å². The molecule has 1 aliphatic rings. The Kier molecular flexibility index (Phi) is 4.69. The van der Waals surface area contributed by atoms with Crippen LogP contribution in [0.25, 0.3) is 0 Å². The average molecular weight is 343 g/mol. The van der Waals surface area contributed by atoms with Gasteiger partial charge in [-0.25, -0.2) is 0 Å². The lowest BCUT2D eigenvalue weighted by Crippen LogP contribution is -2.41. The summed E-state index contributed by atoms with van der Waals surface area (Å²) in [4.78, 5) is 15.1. The molecule has 0 saturated carbocycles. The third kappa shape index (κ3) is 3.33. The summed E-state index contributed by atoms with van der Waals surface area (Å²) >= 11 is 0. The van der Waals surface area contributed by atoms with Crippen LogP contribution in [0.2, 0.25) is 0 Å². The van der Waals surface area contributed by atoms with Gasteiger partial charge < -0.3 is 9.64 Å². The molecule has 0 bridgehead atoms. The van der Waals surface area contributed by atoms with Crippen LogP contribution in [0.15, 0.2) is 84.9 Å². The fourth-order valence-electron chi connectivity index (χ4n) is 3.51. The number of hydrogen-bond donors (Lipinski definition) is 0. The monoisotopic (exact) mass is 343 g/mol. The Hall–Kier alpha value is -3.07. The van der Waals surface area contributed by atoms with Gasteiger partial charge in [-0.1, -0.05) is 72.8 Å². The van der Waals surface area contributed by atoms with Crippen molar-refractivity contribution in [2.45, 2.75) is 12.5 Å². The highest BCUT2D eigenvalue weighted by Crippen LogP contribution is 2.34. The van der Waals surface area contributed by atoms with Gasteiger partial charge in [0.15, 0.2) is 0 Å². The van der Waals surface area contributed by atoms with Crippen molar-refractivity contribution in [3.05, 3.63) is 102 Å². The second-order valence-corrected chi connectivity index (χ2v) is 6.46. The first kappa shape index (κ1) is 16.4. The van der Waals surface area contributed by atoms with Gasteiger partial charge in [-0.3, -0.25) is 4.79 Å². The number of hydrogen-bond acceptors (Lipinski definition) is 2. The summed E-state index contributed by atoms with van der Waals surface area (Å²) in [6.45, 7) is 1.70. The lowest BCUT2D eigenvalue weighted by atomic mass is 9.84. The molecule has 0 aromatic heterocycles. The van der Waals surface area contributed by atoms with E-state index < -0.39 is 0 Å². The maximum atomic E-state index is 13.2. The summed E-state index contributed by atoms with van der Waals surface area (Å²) in [5.41, 5.74) is 3.36. The minimum absolute atomic E-state index is 0.145. The first-order valence-corrected chi connectivity index (χ1v) is 8.92. The number of rotatable bonds is 5. The summed E-state index contributed by atoms with van der Waals surface area (Å²) in [5, 5.41) is 0. The third-order valence-corrected chi connectivity index (χ3v) is 4.79. The Labute approximate surface area is 153 Å². The van der Waals surface area contributed by atoms with Crippen molar-refractivity contribution in [3.8, 4) is 5.75 Å². The van der Waals surface area contributed by atoms with E-state index in [4.69, 9.17) is 4.74 Å². The minimum atomic E-state index is -0.238. The molecule has 3 aromatic carbocycles. The van der Waals surface area contributed by atoms with E-state index in [1.54, 1.807) is 0 Å². The zero-order chi connectivity index (χ0) is 17.8. The summed E-state index contributed by atoms with van der Waals surface area (Å²) < 4.78 is 5.79. The quantitative estimate of drug-likeness (QED) is 0.693. The lowest BCUT2D eigenvalue weighted by Gasteiger charge is -2.34. The highest BCUT2D eigenvalue weighted by atomic mass is 16.5. The molecule has 0 radical (unpaired) electrons. The number of ether oxygens (including phenoxy) is 1. The van der Waals surface area contributed by atoms with E-state index in [9.17, 15) is 4.79 Å². The molecular weight excluding hydrogens is 322 g/mol. The maximum Gasteiger partial charge on any atom is 0.235 e. The second-order valence-electron chi connectivity index (χ2n) is 6.46. The van der Waals surface area contributed by atoms with Crippen LogP contribution in [0.3, 0.4) is 0 Å². The molecule has 3 nitrogen and oxygen atoms in total. The van der Waals surface area contributed by atoms with Gasteiger partial charge in [0.1, 0.15) is 12.4 Å². The fraction of sp³-hybridized carbons (Fsp3) is 0.174. The molecule has 0 N–H and O–H groups in total. The molecule has 3 aromatic rings.